The standard InChI is InChI=1S/C13H12ClNS/c14-10-5-6-13-11(7-10)15-8-9-3-1-2-4-12(9)16-13/h1-4,6-7,10,15H,5,8H2. The van der Waals surface area contributed by atoms with Gasteiger partial charge in [-0.2, -0.15) is 0 Å². The summed E-state index contributed by atoms with van der Waals surface area (Å²) < 4.78 is 0. The molecule has 0 fully saturated rings. The van der Waals surface area contributed by atoms with Crippen LogP contribution in [0.4, 0.5) is 0 Å². The Labute approximate surface area is 105 Å². The number of benzene rings is 1. The zero-order valence-electron chi connectivity index (χ0n) is 8.74. The summed E-state index contributed by atoms with van der Waals surface area (Å²) in [6, 6.07) is 8.53. The summed E-state index contributed by atoms with van der Waals surface area (Å²) in [7, 11) is 0. The maximum atomic E-state index is 6.13. The van der Waals surface area contributed by atoms with E-state index in [-0.39, 0.29) is 5.38 Å². The summed E-state index contributed by atoms with van der Waals surface area (Å²) >= 11 is 7.97. The minimum Gasteiger partial charge on any atom is -0.380 e. The Bertz CT molecular complexity index is 479. The van der Waals surface area contributed by atoms with E-state index in [1.54, 1.807) is 0 Å². The minimum atomic E-state index is 0.132. The summed E-state index contributed by atoms with van der Waals surface area (Å²) in [5.41, 5.74) is 2.54. The van der Waals surface area contributed by atoms with E-state index >= 15 is 0 Å². The molecule has 16 heavy (non-hydrogen) atoms. The largest absolute Gasteiger partial charge is 0.380 e. The Hall–Kier alpha value is -0.860. The molecule has 3 rings (SSSR count). The predicted octanol–water partition coefficient (Wildman–Crippen LogP) is 3.66. The molecule has 1 aliphatic carbocycles. The molecule has 1 aromatic carbocycles. The molecule has 0 spiro atoms. The number of hydrogen-bond donors (Lipinski definition) is 1. The number of allylic oxidation sites excluding steroid dienone is 2. The molecule has 2 aliphatic rings. The molecule has 1 N–H and O–H groups in total. The lowest BCUT2D eigenvalue weighted by molar-refractivity contribution is 0.805. The first kappa shape index (κ1) is 10.3. The fraction of sp³-hybridized carbons (Fsp3) is 0.231. The average Bonchev–Trinajstić information content (AvgIpc) is 2.48. The van der Waals surface area contributed by atoms with E-state index in [0.717, 1.165) is 13.0 Å². The van der Waals surface area contributed by atoms with Gasteiger partial charge in [-0.05, 0) is 24.1 Å². The minimum absolute atomic E-state index is 0.132. The van der Waals surface area contributed by atoms with Gasteiger partial charge in [0.25, 0.3) is 0 Å². The second-order valence-electron chi connectivity index (χ2n) is 3.96. The molecule has 1 aliphatic heterocycles. The van der Waals surface area contributed by atoms with Crippen LogP contribution in [-0.4, -0.2) is 5.38 Å². The monoisotopic (exact) mass is 249 g/mol. The second-order valence-corrected chi connectivity index (χ2v) is 5.61. The van der Waals surface area contributed by atoms with E-state index in [4.69, 9.17) is 11.6 Å². The first-order chi connectivity index (χ1) is 7.83. The molecule has 1 unspecified atom stereocenters. The first-order valence-corrected chi connectivity index (χ1v) is 6.64. The molecule has 0 aromatic heterocycles. The Morgan fingerprint density at radius 3 is 3.12 bits per heavy atom. The molecule has 1 heterocycles. The van der Waals surface area contributed by atoms with Crippen molar-refractivity contribution in [2.75, 3.05) is 0 Å². The van der Waals surface area contributed by atoms with E-state index in [1.807, 2.05) is 11.8 Å². The van der Waals surface area contributed by atoms with Gasteiger partial charge in [-0.1, -0.05) is 36.0 Å². The quantitative estimate of drug-likeness (QED) is 0.705. The molecule has 0 bridgehead atoms. The summed E-state index contributed by atoms with van der Waals surface area (Å²) in [6.45, 7) is 0.885. The van der Waals surface area contributed by atoms with Gasteiger partial charge in [0.15, 0.2) is 0 Å². The number of nitrogens with one attached hydrogen (secondary N) is 1. The van der Waals surface area contributed by atoms with Gasteiger partial charge in [-0.25, -0.2) is 0 Å². The van der Waals surface area contributed by atoms with Crippen LogP contribution in [0.15, 0.2) is 51.9 Å². The highest BCUT2D eigenvalue weighted by Crippen LogP contribution is 2.38. The molecule has 1 nitrogen and oxygen atoms in total. The van der Waals surface area contributed by atoms with E-state index in [1.165, 1.54) is 21.1 Å². The molecule has 0 saturated heterocycles. The summed E-state index contributed by atoms with van der Waals surface area (Å²) in [4.78, 5) is 2.65. The van der Waals surface area contributed by atoms with Crippen LogP contribution < -0.4 is 5.32 Å². The van der Waals surface area contributed by atoms with Crippen LogP contribution >= 0.6 is 23.4 Å². The fourth-order valence-corrected chi connectivity index (χ4v) is 3.26. The number of alkyl halides is 1. The maximum Gasteiger partial charge on any atom is 0.0574 e. The van der Waals surface area contributed by atoms with Crippen molar-refractivity contribution in [3.63, 3.8) is 0 Å². The molecular weight excluding hydrogens is 238 g/mol. The van der Waals surface area contributed by atoms with Crippen LogP contribution in [0, 0.1) is 0 Å². The molecule has 82 valence electrons. The van der Waals surface area contributed by atoms with Crippen molar-refractivity contribution in [2.24, 2.45) is 0 Å². The molecule has 1 aromatic rings. The highest BCUT2D eigenvalue weighted by Gasteiger charge is 2.19. The number of hydrogen-bond acceptors (Lipinski definition) is 2. The van der Waals surface area contributed by atoms with Crippen LogP contribution in [0.5, 0.6) is 0 Å². The summed E-state index contributed by atoms with van der Waals surface area (Å²) in [6.07, 6.45) is 5.28. The topological polar surface area (TPSA) is 12.0 Å². The lowest BCUT2D eigenvalue weighted by Gasteiger charge is -2.16. The van der Waals surface area contributed by atoms with Crippen LogP contribution in [0.1, 0.15) is 12.0 Å². The third-order valence-corrected chi connectivity index (χ3v) is 4.33. The Morgan fingerprint density at radius 2 is 2.19 bits per heavy atom. The van der Waals surface area contributed by atoms with Gasteiger partial charge in [0, 0.05) is 22.0 Å². The molecule has 0 radical (unpaired) electrons. The zero-order valence-corrected chi connectivity index (χ0v) is 10.3. The van der Waals surface area contributed by atoms with Crippen molar-refractivity contribution in [3.05, 3.63) is 52.6 Å². The number of thioether (sulfide) groups is 1. The fourth-order valence-electron chi connectivity index (χ4n) is 1.96. The van der Waals surface area contributed by atoms with Crippen LogP contribution in [0.2, 0.25) is 0 Å². The lowest BCUT2D eigenvalue weighted by Crippen LogP contribution is -2.15. The van der Waals surface area contributed by atoms with Crippen LogP contribution in [0.25, 0.3) is 0 Å². The molecule has 0 amide bonds. The van der Waals surface area contributed by atoms with Gasteiger partial charge in [0.2, 0.25) is 0 Å². The van der Waals surface area contributed by atoms with Crippen molar-refractivity contribution < 1.29 is 0 Å². The number of fused-ring (bicyclic) bond motifs is 2. The van der Waals surface area contributed by atoms with Crippen molar-refractivity contribution in [1.29, 1.82) is 0 Å². The van der Waals surface area contributed by atoms with Gasteiger partial charge in [0.05, 0.1) is 5.38 Å². The van der Waals surface area contributed by atoms with Crippen molar-refractivity contribution in [2.45, 2.75) is 23.2 Å². The van der Waals surface area contributed by atoms with Gasteiger partial charge in [0.1, 0.15) is 0 Å². The van der Waals surface area contributed by atoms with Gasteiger partial charge < -0.3 is 5.32 Å². The number of halogens is 1. The Morgan fingerprint density at radius 1 is 1.31 bits per heavy atom. The lowest BCUT2D eigenvalue weighted by atomic mass is 10.1. The first-order valence-electron chi connectivity index (χ1n) is 5.39. The van der Waals surface area contributed by atoms with Gasteiger partial charge in [-0.3, -0.25) is 0 Å². The normalized spacial score (nSPS) is 23.2. The Kier molecular flexibility index (Phi) is 2.70. The smallest absolute Gasteiger partial charge is 0.0574 e. The zero-order chi connectivity index (χ0) is 11.0. The number of rotatable bonds is 0. The third kappa shape index (κ3) is 1.87. The predicted molar refractivity (Wildman–Crippen MR) is 69.6 cm³/mol. The van der Waals surface area contributed by atoms with Crippen molar-refractivity contribution in [3.8, 4) is 0 Å². The van der Waals surface area contributed by atoms with E-state index in [0.29, 0.717) is 0 Å². The highest BCUT2D eigenvalue weighted by molar-refractivity contribution is 8.03. The summed E-state index contributed by atoms with van der Waals surface area (Å²) in [5, 5.41) is 3.59. The van der Waals surface area contributed by atoms with Crippen LogP contribution in [-0.2, 0) is 6.54 Å². The molecular formula is C13H12ClNS. The van der Waals surface area contributed by atoms with Gasteiger partial charge in [-0.15, -0.1) is 11.6 Å². The maximum absolute atomic E-state index is 6.13. The molecule has 3 heteroatoms. The average molecular weight is 250 g/mol. The SMILES string of the molecule is ClC1C=C2NCc3ccccc3SC2=CC1. The van der Waals surface area contributed by atoms with Crippen LogP contribution in [0.3, 0.4) is 0 Å². The third-order valence-electron chi connectivity index (χ3n) is 2.80. The van der Waals surface area contributed by atoms with Gasteiger partial charge >= 0.3 is 0 Å². The van der Waals surface area contributed by atoms with E-state index in [9.17, 15) is 0 Å². The summed E-state index contributed by atoms with van der Waals surface area (Å²) in [5.74, 6) is 0. The van der Waals surface area contributed by atoms with E-state index in [2.05, 4.69) is 41.7 Å². The Balaban J connectivity index is 1.99. The highest BCUT2D eigenvalue weighted by atomic mass is 35.5. The van der Waals surface area contributed by atoms with Crippen molar-refractivity contribution >= 4 is 23.4 Å². The molecule has 1 atom stereocenters. The second kappa shape index (κ2) is 4.19. The van der Waals surface area contributed by atoms with Crippen molar-refractivity contribution in [1.82, 2.24) is 5.32 Å². The molecule has 0 saturated carbocycles. The van der Waals surface area contributed by atoms with E-state index < -0.39 is 0 Å².